The van der Waals surface area contributed by atoms with Crippen LogP contribution in [0.5, 0.6) is 0 Å². The van der Waals surface area contributed by atoms with E-state index in [9.17, 15) is 4.79 Å². The zero-order valence-corrected chi connectivity index (χ0v) is 17.4. The molecule has 1 amide bonds. The summed E-state index contributed by atoms with van der Waals surface area (Å²) in [5.41, 5.74) is 3.23. The van der Waals surface area contributed by atoms with Gasteiger partial charge in [-0.15, -0.1) is 11.3 Å². The van der Waals surface area contributed by atoms with Gasteiger partial charge in [-0.3, -0.25) is 9.69 Å². The molecule has 3 heterocycles. The van der Waals surface area contributed by atoms with Crippen molar-refractivity contribution in [2.75, 3.05) is 4.90 Å². The number of aromatic nitrogens is 1. The van der Waals surface area contributed by atoms with Crippen molar-refractivity contribution in [1.29, 1.82) is 0 Å². The van der Waals surface area contributed by atoms with Gasteiger partial charge in [0.2, 0.25) is 0 Å². The Balaban J connectivity index is 1.81. The maximum absolute atomic E-state index is 13.2. The molecule has 0 saturated heterocycles. The molecule has 0 radical (unpaired) electrons. The van der Waals surface area contributed by atoms with E-state index < -0.39 is 0 Å². The van der Waals surface area contributed by atoms with Crippen molar-refractivity contribution >= 4 is 59.9 Å². The first-order valence-corrected chi connectivity index (χ1v) is 10.4. The van der Waals surface area contributed by atoms with Crippen LogP contribution in [0.25, 0.3) is 10.2 Å². The third kappa shape index (κ3) is 3.22. The summed E-state index contributed by atoms with van der Waals surface area (Å²) in [5.74, 6) is 0.646. The van der Waals surface area contributed by atoms with Crippen molar-refractivity contribution in [1.82, 2.24) is 4.98 Å². The molecule has 0 unspecified atom stereocenters. The van der Waals surface area contributed by atoms with Crippen LogP contribution in [0.3, 0.4) is 0 Å². The first-order valence-electron chi connectivity index (χ1n) is 7.99. The topological polar surface area (TPSA) is 46.3 Å². The summed E-state index contributed by atoms with van der Waals surface area (Å²) in [6, 6.07) is 11.6. The second-order valence-electron chi connectivity index (χ2n) is 5.95. The Hall–Kier alpha value is -1.96. The number of nitrogens with zero attached hydrogens (tertiary/aromatic N) is 2. The van der Waals surface area contributed by atoms with Crippen molar-refractivity contribution < 1.29 is 9.21 Å². The van der Waals surface area contributed by atoms with Gasteiger partial charge in [-0.2, -0.15) is 0 Å². The third-order valence-corrected chi connectivity index (χ3v) is 6.91. The number of anilines is 1. The van der Waals surface area contributed by atoms with Gasteiger partial charge in [0.1, 0.15) is 5.76 Å². The second-order valence-corrected chi connectivity index (χ2v) is 9.39. The summed E-state index contributed by atoms with van der Waals surface area (Å²) >= 11 is 6.39. The molecule has 1 aromatic carbocycles. The maximum atomic E-state index is 13.2. The van der Waals surface area contributed by atoms with Crippen LogP contribution in [0.2, 0.25) is 0 Å². The lowest BCUT2D eigenvalue weighted by Crippen LogP contribution is -2.29. The van der Waals surface area contributed by atoms with Crippen LogP contribution in [0.4, 0.5) is 5.13 Å². The minimum absolute atomic E-state index is 0.0773. The standard InChI is InChI=1S/C19H15BrN2O2S2/c1-11-5-6-12(2)17-16(11)21-19(26-17)22(10-13-4-3-9-24-13)18(23)14-7-8-15(20)25-14/h3-9H,10H2,1-2H3. The Morgan fingerprint density at radius 3 is 2.62 bits per heavy atom. The predicted octanol–water partition coefficient (Wildman–Crippen LogP) is 6.18. The Labute approximate surface area is 167 Å². The Kier molecular flexibility index (Phi) is 4.69. The van der Waals surface area contributed by atoms with E-state index in [1.165, 1.54) is 16.9 Å². The quantitative estimate of drug-likeness (QED) is 0.376. The van der Waals surface area contributed by atoms with Gasteiger partial charge in [0, 0.05) is 0 Å². The fourth-order valence-corrected chi connectivity index (χ4v) is 5.15. The molecule has 4 aromatic rings. The summed E-state index contributed by atoms with van der Waals surface area (Å²) in [6.07, 6.45) is 1.62. The second kappa shape index (κ2) is 6.98. The van der Waals surface area contributed by atoms with Crippen LogP contribution in [0.1, 0.15) is 26.6 Å². The highest BCUT2D eigenvalue weighted by atomic mass is 79.9. The molecule has 0 saturated carbocycles. The van der Waals surface area contributed by atoms with Crippen molar-refractivity contribution in [3.05, 3.63) is 68.2 Å². The summed E-state index contributed by atoms with van der Waals surface area (Å²) in [5, 5.41) is 0.684. The fourth-order valence-electron chi connectivity index (χ4n) is 2.71. The van der Waals surface area contributed by atoms with Gasteiger partial charge >= 0.3 is 0 Å². The molecule has 0 N–H and O–H groups in total. The van der Waals surface area contributed by atoms with Crippen LogP contribution >= 0.6 is 38.6 Å². The van der Waals surface area contributed by atoms with E-state index in [4.69, 9.17) is 9.40 Å². The number of thiazole rings is 1. The largest absolute Gasteiger partial charge is 0.467 e. The van der Waals surface area contributed by atoms with E-state index in [0.717, 1.165) is 25.3 Å². The fraction of sp³-hybridized carbons (Fsp3) is 0.158. The van der Waals surface area contributed by atoms with E-state index >= 15 is 0 Å². The average Bonchev–Trinajstić information content (AvgIpc) is 3.35. The first-order chi connectivity index (χ1) is 12.5. The Morgan fingerprint density at radius 2 is 1.96 bits per heavy atom. The van der Waals surface area contributed by atoms with Crippen molar-refractivity contribution in [2.45, 2.75) is 20.4 Å². The number of aryl methyl sites for hydroxylation is 2. The normalized spacial score (nSPS) is 11.2. The molecule has 7 heteroatoms. The van der Waals surface area contributed by atoms with E-state index in [-0.39, 0.29) is 5.91 Å². The summed E-state index contributed by atoms with van der Waals surface area (Å²) < 4.78 is 7.52. The SMILES string of the molecule is Cc1ccc(C)c2sc(N(Cc3ccco3)C(=O)c3ccc(Br)s3)nc12. The lowest BCUT2D eigenvalue weighted by atomic mass is 10.1. The molecule has 0 atom stereocenters. The molecule has 0 fully saturated rings. The third-order valence-electron chi connectivity index (χ3n) is 4.08. The number of fused-ring (bicyclic) bond motifs is 1. The number of hydrogen-bond acceptors (Lipinski definition) is 5. The molecule has 4 rings (SSSR count). The van der Waals surface area contributed by atoms with Gasteiger partial charge in [0.15, 0.2) is 5.13 Å². The molecular weight excluding hydrogens is 432 g/mol. The molecule has 4 nitrogen and oxygen atoms in total. The number of amides is 1. The Morgan fingerprint density at radius 1 is 1.15 bits per heavy atom. The van der Waals surface area contributed by atoms with Crippen LogP contribution < -0.4 is 4.90 Å². The summed E-state index contributed by atoms with van der Waals surface area (Å²) in [4.78, 5) is 20.3. The smallest absolute Gasteiger partial charge is 0.270 e. The molecular formula is C19H15BrN2O2S2. The van der Waals surface area contributed by atoms with E-state index in [0.29, 0.717) is 16.6 Å². The van der Waals surface area contributed by atoms with E-state index in [1.807, 2.05) is 31.2 Å². The predicted molar refractivity (Wildman–Crippen MR) is 110 cm³/mol. The van der Waals surface area contributed by atoms with Gasteiger partial charge < -0.3 is 4.42 Å². The number of furan rings is 1. The van der Waals surface area contributed by atoms with Crippen molar-refractivity contribution in [3.63, 3.8) is 0 Å². The molecule has 132 valence electrons. The van der Waals surface area contributed by atoms with Crippen LogP contribution in [0.15, 0.2) is 50.9 Å². The lowest BCUT2D eigenvalue weighted by molar-refractivity contribution is 0.0987. The minimum Gasteiger partial charge on any atom is -0.467 e. The number of hydrogen-bond donors (Lipinski definition) is 0. The van der Waals surface area contributed by atoms with Crippen molar-refractivity contribution in [2.24, 2.45) is 0 Å². The summed E-state index contributed by atoms with van der Waals surface area (Å²) in [6.45, 7) is 4.46. The van der Waals surface area contributed by atoms with Gasteiger partial charge in [0.05, 0.1) is 31.7 Å². The van der Waals surface area contributed by atoms with Gasteiger partial charge in [0.25, 0.3) is 5.91 Å². The first kappa shape index (κ1) is 17.5. The molecule has 0 aliphatic rings. The number of halogens is 1. The zero-order chi connectivity index (χ0) is 18.3. The Bertz CT molecular complexity index is 1040. The highest BCUT2D eigenvalue weighted by molar-refractivity contribution is 9.11. The molecule has 0 spiro atoms. The number of benzene rings is 1. The average molecular weight is 447 g/mol. The number of carbonyl (C=O) groups is 1. The van der Waals surface area contributed by atoms with Gasteiger partial charge in [-0.05, 0) is 65.2 Å². The van der Waals surface area contributed by atoms with Gasteiger partial charge in [-0.25, -0.2) is 4.98 Å². The molecule has 0 aliphatic heterocycles. The van der Waals surface area contributed by atoms with Crippen LogP contribution in [-0.4, -0.2) is 10.9 Å². The zero-order valence-electron chi connectivity index (χ0n) is 14.2. The molecule has 26 heavy (non-hydrogen) atoms. The summed E-state index contributed by atoms with van der Waals surface area (Å²) in [7, 11) is 0. The minimum atomic E-state index is -0.0773. The van der Waals surface area contributed by atoms with Gasteiger partial charge in [-0.1, -0.05) is 23.5 Å². The lowest BCUT2D eigenvalue weighted by Gasteiger charge is -2.17. The van der Waals surface area contributed by atoms with Crippen molar-refractivity contribution in [3.8, 4) is 0 Å². The molecule has 0 aliphatic carbocycles. The van der Waals surface area contributed by atoms with Crippen LogP contribution in [-0.2, 0) is 6.54 Å². The molecule has 0 bridgehead atoms. The monoisotopic (exact) mass is 446 g/mol. The number of thiophene rings is 1. The van der Waals surface area contributed by atoms with Crippen LogP contribution in [0, 0.1) is 13.8 Å². The van der Waals surface area contributed by atoms with E-state index in [1.54, 1.807) is 22.5 Å². The highest BCUT2D eigenvalue weighted by Crippen LogP contribution is 2.35. The number of carbonyl (C=O) groups excluding carboxylic acids is 1. The highest BCUT2D eigenvalue weighted by Gasteiger charge is 2.24. The maximum Gasteiger partial charge on any atom is 0.270 e. The van der Waals surface area contributed by atoms with E-state index in [2.05, 4.69) is 35.0 Å². The molecule has 3 aromatic heterocycles. The number of rotatable bonds is 4.